The van der Waals surface area contributed by atoms with Crippen LogP contribution in [0.5, 0.6) is 0 Å². The number of rotatable bonds is 5. The number of nitrogens with two attached hydrogens (primary N) is 1. The molecular weight excluding hydrogens is 490 g/mol. The van der Waals surface area contributed by atoms with Crippen LogP contribution in [-0.4, -0.2) is 13.4 Å². The third-order valence-electron chi connectivity index (χ3n) is 6.99. The molecule has 6 rings (SSSR count). The fraction of sp³-hybridized carbons (Fsp3) is 0.0625. The van der Waals surface area contributed by atoms with E-state index in [1.165, 1.54) is 4.31 Å². The molecule has 0 atom stereocenters. The predicted molar refractivity (Wildman–Crippen MR) is 157 cm³/mol. The van der Waals surface area contributed by atoms with Crippen LogP contribution < -0.4 is 10.0 Å². The molecule has 1 aromatic heterocycles. The molecule has 6 heteroatoms. The molecule has 0 aliphatic carbocycles. The number of nitrogen functional groups attached to an aromatic ring is 1. The van der Waals surface area contributed by atoms with Crippen LogP contribution in [0.15, 0.2) is 114 Å². The monoisotopic (exact) mass is 517 g/mol. The molecule has 0 aliphatic rings. The Morgan fingerprint density at radius 2 is 1.32 bits per heavy atom. The normalized spacial score (nSPS) is 11.7. The van der Waals surface area contributed by atoms with Crippen molar-refractivity contribution in [1.82, 2.24) is 4.98 Å². The quantitative estimate of drug-likeness (QED) is 0.230. The van der Waals surface area contributed by atoms with Crippen LogP contribution >= 0.6 is 0 Å². The van der Waals surface area contributed by atoms with Crippen molar-refractivity contribution in [2.45, 2.75) is 18.7 Å². The van der Waals surface area contributed by atoms with Crippen molar-refractivity contribution in [2.24, 2.45) is 0 Å². The summed E-state index contributed by atoms with van der Waals surface area (Å²) in [5.41, 5.74) is 12.5. The van der Waals surface area contributed by atoms with Crippen molar-refractivity contribution in [2.75, 3.05) is 10.0 Å². The maximum atomic E-state index is 14.7. The highest BCUT2D eigenvalue weighted by molar-refractivity contribution is 7.93. The Morgan fingerprint density at radius 1 is 0.711 bits per heavy atom. The second kappa shape index (κ2) is 9.08. The number of hydrogen-bond donors (Lipinski definition) is 2. The smallest absolute Gasteiger partial charge is 0.268 e. The SMILES string of the molecule is Cc1ccc(S(=O)(=O)N(c2c(-c3ccccc3)[nH]c3ccccc23)c2cc(C)c(N)c3ccccc23)cc1. The summed E-state index contributed by atoms with van der Waals surface area (Å²) in [6.07, 6.45) is 0. The van der Waals surface area contributed by atoms with Gasteiger partial charge in [0.15, 0.2) is 0 Å². The number of aryl methyl sites for hydroxylation is 2. The molecule has 0 radical (unpaired) electrons. The first kappa shape index (κ1) is 23.8. The summed E-state index contributed by atoms with van der Waals surface area (Å²) in [4.78, 5) is 3.72. The fourth-order valence-electron chi connectivity index (χ4n) is 5.02. The van der Waals surface area contributed by atoms with E-state index in [0.717, 1.165) is 44.1 Å². The van der Waals surface area contributed by atoms with E-state index in [0.29, 0.717) is 17.1 Å². The number of H-pyrrole nitrogens is 1. The average Bonchev–Trinajstić information content (AvgIpc) is 3.31. The van der Waals surface area contributed by atoms with E-state index in [1.807, 2.05) is 111 Å². The van der Waals surface area contributed by atoms with Crippen LogP contribution in [0.4, 0.5) is 17.1 Å². The third kappa shape index (κ3) is 3.81. The minimum atomic E-state index is -4.06. The topological polar surface area (TPSA) is 79.2 Å². The number of benzene rings is 5. The zero-order chi connectivity index (χ0) is 26.4. The Balaban J connectivity index is 1.77. The summed E-state index contributed by atoms with van der Waals surface area (Å²) in [5.74, 6) is 0. The summed E-state index contributed by atoms with van der Waals surface area (Å²) in [5, 5.41) is 2.38. The maximum Gasteiger partial charge on any atom is 0.268 e. The fourth-order valence-corrected chi connectivity index (χ4v) is 6.55. The highest BCUT2D eigenvalue weighted by atomic mass is 32.2. The van der Waals surface area contributed by atoms with E-state index >= 15 is 0 Å². The van der Waals surface area contributed by atoms with Crippen LogP contribution in [0.1, 0.15) is 11.1 Å². The summed E-state index contributed by atoms with van der Waals surface area (Å²) < 4.78 is 30.9. The van der Waals surface area contributed by atoms with E-state index in [9.17, 15) is 8.42 Å². The van der Waals surface area contributed by atoms with Gasteiger partial charge < -0.3 is 10.7 Å². The molecule has 0 amide bonds. The molecule has 3 N–H and O–H groups in total. The molecule has 0 unspecified atom stereocenters. The molecule has 0 saturated carbocycles. The number of aromatic nitrogens is 1. The second-order valence-electron chi connectivity index (χ2n) is 9.51. The Labute approximate surface area is 222 Å². The molecule has 0 aliphatic heterocycles. The van der Waals surface area contributed by atoms with Gasteiger partial charge in [-0.3, -0.25) is 0 Å². The van der Waals surface area contributed by atoms with Gasteiger partial charge in [0, 0.05) is 32.9 Å². The van der Waals surface area contributed by atoms with Gasteiger partial charge >= 0.3 is 0 Å². The van der Waals surface area contributed by atoms with E-state index in [4.69, 9.17) is 5.73 Å². The second-order valence-corrected chi connectivity index (χ2v) is 11.3. The number of hydrogen-bond acceptors (Lipinski definition) is 3. The molecule has 6 aromatic rings. The standard InChI is InChI=1S/C32H27N3O2S/c1-21-16-18-24(19-17-21)38(36,37)35(29-20-22(2)30(33)26-13-7-6-12-25(26)29)32-27-14-8-9-15-28(27)34-31(32)23-10-4-3-5-11-23/h3-20,34H,33H2,1-2H3. The summed E-state index contributed by atoms with van der Waals surface area (Å²) in [6, 6.07) is 34.2. The van der Waals surface area contributed by atoms with Gasteiger partial charge in [-0.2, -0.15) is 0 Å². The van der Waals surface area contributed by atoms with E-state index in [-0.39, 0.29) is 4.90 Å². The predicted octanol–water partition coefficient (Wildman–Crippen LogP) is 7.71. The van der Waals surface area contributed by atoms with Gasteiger partial charge in [-0.25, -0.2) is 12.7 Å². The first-order chi connectivity index (χ1) is 18.4. The van der Waals surface area contributed by atoms with Crippen molar-refractivity contribution in [3.8, 4) is 11.3 Å². The molecule has 38 heavy (non-hydrogen) atoms. The lowest BCUT2D eigenvalue weighted by atomic mass is 10.0. The highest BCUT2D eigenvalue weighted by Crippen LogP contribution is 2.47. The molecule has 188 valence electrons. The third-order valence-corrected chi connectivity index (χ3v) is 8.72. The number of aromatic amines is 1. The molecule has 1 heterocycles. The maximum absolute atomic E-state index is 14.7. The van der Waals surface area contributed by atoms with Gasteiger partial charge in [-0.15, -0.1) is 0 Å². The van der Waals surface area contributed by atoms with Crippen molar-refractivity contribution >= 4 is 48.8 Å². The van der Waals surface area contributed by atoms with Gasteiger partial charge in [0.25, 0.3) is 10.0 Å². The van der Waals surface area contributed by atoms with E-state index in [1.54, 1.807) is 12.1 Å². The number of nitrogens with one attached hydrogen (secondary N) is 1. The minimum absolute atomic E-state index is 0.214. The van der Waals surface area contributed by atoms with Crippen LogP contribution in [-0.2, 0) is 10.0 Å². The molecule has 0 bridgehead atoms. The number of nitrogens with zero attached hydrogens (tertiary/aromatic N) is 1. The first-order valence-electron chi connectivity index (χ1n) is 12.4. The number of fused-ring (bicyclic) bond motifs is 2. The lowest BCUT2D eigenvalue weighted by Crippen LogP contribution is -2.27. The Hall–Kier alpha value is -4.55. The zero-order valence-corrected chi connectivity index (χ0v) is 22.0. The van der Waals surface area contributed by atoms with Crippen LogP contribution in [0.25, 0.3) is 32.9 Å². The van der Waals surface area contributed by atoms with Crippen LogP contribution in [0, 0.1) is 13.8 Å². The largest absolute Gasteiger partial charge is 0.398 e. The Kier molecular flexibility index (Phi) is 5.69. The Bertz CT molecular complexity index is 1910. The molecule has 0 fully saturated rings. The highest BCUT2D eigenvalue weighted by Gasteiger charge is 2.33. The molecular formula is C32H27N3O2S. The molecule has 0 spiro atoms. The van der Waals surface area contributed by atoms with Crippen molar-refractivity contribution in [3.05, 3.63) is 120 Å². The van der Waals surface area contributed by atoms with E-state index < -0.39 is 10.0 Å². The van der Waals surface area contributed by atoms with Crippen LogP contribution in [0.3, 0.4) is 0 Å². The van der Waals surface area contributed by atoms with Crippen molar-refractivity contribution < 1.29 is 8.42 Å². The number of sulfonamides is 1. The molecule has 0 saturated heterocycles. The lowest BCUT2D eigenvalue weighted by molar-refractivity contribution is 0.596. The molecule has 5 aromatic carbocycles. The van der Waals surface area contributed by atoms with Gasteiger partial charge in [-0.05, 0) is 43.7 Å². The van der Waals surface area contributed by atoms with E-state index in [2.05, 4.69) is 4.98 Å². The van der Waals surface area contributed by atoms with Gasteiger partial charge in [0.05, 0.1) is 22.0 Å². The average molecular weight is 518 g/mol. The van der Waals surface area contributed by atoms with Crippen LogP contribution in [0.2, 0.25) is 0 Å². The summed E-state index contributed by atoms with van der Waals surface area (Å²) in [7, 11) is -4.06. The summed E-state index contributed by atoms with van der Waals surface area (Å²) >= 11 is 0. The minimum Gasteiger partial charge on any atom is -0.398 e. The van der Waals surface area contributed by atoms with Gasteiger partial charge in [0.2, 0.25) is 0 Å². The molecule has 5 nitrogen and oxygen atoms in total. The van der Waals surface area contributed by atoms with Crippen molar-refractivity contribution in [1.29, 1.82) is 0 Å². The van der Waals surface area contributed by atoms with Gasteiger partial charge in [0.1, 0.15) is 0 Å². The lowest BCUT2D eigenvalue weighted by Gasteiger charge is -2.28. The zero-order valence-electron chi connectivity index (χ0n) is 21.1. The van der Waals surface area contributed by atoms with Gasteiger partial charge in [-0.1, -0.05) is 90.5 Å². The number of para-hydroxylation sites is 1. The summed E-state index contributed by atoms with van der Waals surface area (Å²) in [6.45, 7) is 3.85. The first-order valence-corrected chi connectivity index (χ1v) is 13.9. The van der Waals surface area contributed by atoms with Crippen molar-refractivity contribution in [3.63, 3.8) is 0 Å². The Morgan fingerprint density at radius 3 is 2.03 bits per heavy atom. The number of anilines is 3.